The van der Waals surface area contributed by atoms with Crippen LogP contribution in [0.4, 0.5) is 24.5 Å². The Labute approximate surface area is 311 Å². The summed E-state index contributed by atoms with van der Waals surface area (Å²) in [5.41, 5.74) is 2.88. The number of fused-ring (bicyclic) bond motifs is 1. The summed E-state index contributed by atoms with van der Waals surface area (Å²) in [6.07, 6.45) is -0.678. The fourth-order valence-electron chi connectivity index (χ4n) is 7.11. The Morgan fingerprint density at radius 1 is 0.907 bits per heavy atom. The molecule has 1 aromatic heterocycles. The molecule has 54 heavy (non-hydrogen) atoms. The van der Waals surface area contributed by atoms with Crippen molar-refractivity contribution in [2.45, 2.75) is 38.9 Å². The number of pyridine rings is 1. The van der Waals surface area contributed by atoms with Gasteiger partial charge in [-0.15, -0.1) is 0 Å². The highest BCUT2D eigenvalue weighted by Gasteiger charge is 2.30. The van der Waals surface area contributed by atoms with Crippen molar-refractivity contribution >= 4 is 23.2 Å². The van der Waals surface area contributed by atoms with Crippen LogP contribution in [0.15, 0.2) is 72.9 Å². The van der Waals surface area contributed by atoms with Crippen molar-refractivity contribution in [2.24, 2.45) is 5.92 Å². The van der Waals surface area contributed by atoms with Crippen LogP contribution in [0.1, 0.15) is 46.3 Å². The van der Waals surface area contributed by atoms with Crippen LogP contribution in [0.25, 0.3) is 0 Å². The Kier molecular flexibility index (Phi) is 10.8. The molecule has 0 bridgehead atoms. The first-order chi connectivity index (χ1) is 26.0. The van der Waals surface area contributed by atoms with Gasteiger partial charge in [0.05, 0.1) is 24.6 Å². The van der Waals surface area contributed by atoms with Gasteiger partial charge in [0.1, 0.15) is 0 Å². The molecule has 0 radical (unpaired) electrons. The zero-order chi connectivity index (χ0) is 37.8. The van der Waals surface area contributed by atoms with Crippen LogP contribution >= 0.6 is 0 Å². The third kappa shape index (κ3) is 8.65. The highest BCUT2D eigenvalue weighted by atomic mass is 19.4. The van der Waals surface area contributed by atoms with E-state index in [0.29, 0.717) is 29.5 Å². The number of ether oxygens (including phenoxy) is 4. The van der Waals surface area contributed by atoms with E-state index in [1.807, 2.05) is 30.0 Å². The lowest BCUT2D eigenvalue weighted by molar-refractivity contribution is -0.137. The number of rotatable bonds is 10. The van der Waals surface area contributed by atoms with Gasteiger partial charge in [-0.25, -0.2) is 4.98 Å². The molecule has 0 spiro atoms. The Morgan fingerprint density at radius 3 is 2.35 bits per heavy atom. The molecule has 2 fully saturated rings. The number of nitrogens with one attached hydrogen (secondary N) is 1. The minimum atomic E-state index is -4.48. The van der Waals surface area contributed by atoms with E-state index in [-0.39, 0.29) is 24.1 Å². The zero-order valence-electron chi connectivity index (χ0n) is 30.2. The van der Waals surface area contributed by atoms with Gasteiger partial charge < -0.3 is 34.1 Å². The second-order valence-corrected chi connectivity index (χ2v) is 13.8. The van der Waals surface area contributed by atoms with Gasteiger partial charge in [0.25, 0.3) is 5.91 Å². The van der Waals surface area contributed by atoms with Crippen molar-refractivity contribution in [3.63, 3.8) is 0 Å². The summed E-state index contributed by atoms with van der Waals surface area (Å²) < 4.78 is 61.3. The fraction of sp³-hybridized carbons (Fsp3) is 0.375. The molecule has 1 N–H and O–H groups in total. The first-order valence-corrected chi connectivity index (χ1v) is 18.0. The highest BCUT2D eigenvalue weighted by Crippen LogP contribution is 2.38. The number of hydrogen-bond acceptors (Lipinski definition) is 9. The number of benzene rings is 3. The molecule has 14 heteroatoms. The van der Waals surface area contributed by atoms with Crippen LogP contribution in [0, 0.1) is 12.8 Å². The monoisotopic (exact) mass is 745 g/mol. The molecule has 4 heterocycles. The highest BCUT2D eigenvalue weighted by molar-refractivity contribution is 6.04. The number of hydrogen-bond donors (Lipinski definition) is 1. The van der Waals surface area contributed by atoms with Gasteiger partial charge in [0, 0.05) is 75.6 Å². The van der Waals surface area contributed by atoms with Gasteiger partial charge in [-0.1, -0.05) is 6.07 Å². The predicted octanol–water partition coefficient (Wildman–Crippen LogP) is 7.14. The maximum Gasteiger partial charge on any atom is 0.416 e. The molecule has 3 aliphatic heterocycles. The van der Waals surface area contributed by atoms with Crippen molar-refractivity contribution in [2.75, 3.05) is 63.4 Å². The van der Waals surface area contributed by atoms with E-state index in [9.17, 15) is 22.8 Å². The van der Waals surface area contributed by atoms with Gasteiger partial charge in [-0.2, -0.15) is 13.2 Å². The average molecular weight is 746 g/mol. The molecule has 0 aliphatic carbocycles. The van der Waals surface area contributed by atoms with E-state index in [2.05, 4.69) is 32.2 Å². The van der Waals surface area contributed by atoms with E-state index in [1.54, 1.807) is 19.2 Å². The first kappa shape index (κ1) is 36.8. The lowest BCUT2D eigenvalue weighted by Gasteiger charge is -2.37. The van der Waals surface area contributed by atoms with E-state index in [0.717, 1.165) is 106 Å². The Morgan fingerprint density at radius 2 is 1.67 bits per heavy atom. The summed E-state index contributed by atoms with van der Waals surface area (Å²) in [6, 6.07) is 17.0. The van der Waals surface area contributed by atoms with Crippen molar-refractivity contribution < 1.29 is 41.7 Å². The maximum atomic E-state index is 13.3. The molecule has 2 amide bonds. The number of anilines is 2. The quantitative estimate of drug-likeness (QED) is 0.181. The van der Waals surface area contributed by atoms with Gasteiger partial charge in [0.2, 0.25) is 18.6 Å². The third-order valence-corrected chi connectivity index (χ3v) is 10.1. The van der Waals surface area contributed by atoms with Crippen molar-refractivity contribution in [3.8, 4) is 28.9 Å². The van der Waals surface area contributed by atoms with Crippen molar-refractivity contribution in [3.05, 3.63) is 95.2 Å². The summed E-state index contributed by atoms with van der Waals surface area (Å²) in [7, 11) is 1.56. The molecule has 3 aromatic carbocycles. The van der Waals surface area contributed by atoms with E-state index < -0.39 is 17.6 Å². The number of methoxy groups -OCH3 is 1. The average Bonchev–Trinajstić information content (AvgIpc) is 3.66. The van der Waals surface area contributed by atoms with Crippen LogP contribution in [0.2, 0.25) is 0 Å². The Hall–Kier alpha value is -5.50. The van der Waals surface area contributed by atoms with Crippen molar-refractivity contribution in [1.82, 2.24) is 14.8 Å². The lowest BCUT2D eigenvalue weighted by atomic mass is 9.92. The number of piperidine rings is 1. The number of nitrogens with zero attached hydrogens (tertiary/aromatic N) is 4. The van der Waals surface area contributed by atoms with Gasteiger partial charge in [0.15, 0.2) is 23.0 Å². The number of piperazine rings is 1. The SMILES string of the molecule is COc1cc(N2CCC(CC(=O)N3CCN(Cc4cc(C)c5c(c4)OCO5)CC3)CC2)ccc1Oc1ccc(NC(=O)c2ccc(C(F)(F)F)cc2)cn1. The van der Waals surface area contributed by atoms with Gasteiger partial charge >= 0.3 is 6.18 Å². The van der Waals surface area contributed by atoms with E-state index in [4.69, 9.17) is 18.9 Å². The molecule has 0 saturated carbocycles. The normalized spacial score (nSPS) is 16.3. The molecule has 11 nitrogen and oxygen atoms in total. The van der Waals surface area contributed by atoms with Crippen LogP contribution in [0.3, 0.4) is 0 Å². The summed E-state index contributed by atoms with van der Waals surface area (Å²) >= 11 is 0. The van der Waals surface area contributed by atoms with Gasteiger partial charge in [-0.3, -0.25) is 14.5 Å². The lowest BCUT2D eigenvalue weighted by Crippen LogP contribution is -2.49. The van der Waals surface area contributed by atoms with E-state index in [1.165, 1.54) is 11.8 Å². The molecular formula is C40H42F3N5O6. The number of aromatic nitrogens is 1. The minimum Gasteiger partial charge on any atom is -0.493 e. The molecule has 2 saturated heterocycles. The molecule has 3 aliphatic rings. The number of aryl methyl sites for hydroxylation is 1. The third-order valence-electron chi connectivity index (χ3n) is 10.1. The summed E-state index contributed by atoms with van der Waals surface area (Å²) in [5, 5.41) is 2.62. The second-order valence-electron chi connectivity index (χ2n) is 13.8. The number of amides is 2. The Balaban J connectivity index is 0.856. The maximum absolute atomic E-state index is 13.3. The molecule has 4 aromatic rings. The molecule has 0 atom stereocenters. The zero-order valence-corrected chi connectivity index (χ0v) is 30.2. The van der Waals surface area contributed by atoms with Crippen molar-refractivity contribution in [1.29, 1.82) is 0 Å². The molecular weight excluding hydrogens is 703 g/mol. The van der Waals surface area contributed by atoms with Gasteiger partial charge in [-0.05, 0) is 85.3 Å². The number of halogens is 3. The fourth-order valence-corrected chi connectivity index (χ4v) is 7.11. The summed E-state index contributed by atoms with van der Waals surface area (Å²) in [6.45, 7) is 7.92. The van der Waals surface area contributed by atoms with Crippen LogP contribution in [-0.4, -0.2) is 79.8 Å². The predicted molar refractivity (Wildman–Crippen MR) is 195 cm³/mol. The molecule has 0 unspecified atom stereocenters. The number of carbonyl (C=O) groups excluding carboxylic acids is 2. The molecule has 284 valence electrons. The van der Waals surface area contributed by atoms with Crippen LogP contribution < -0.4 is 29.2 Å². The smallest absolute Gasteiger partial charge is 0.416 e. The second kappa shape index (κ2) is 15.8. The minimum absolute atomic E-state index is 0.0842. The van der Waals surface area contributed by atoms with E-state index >= 15 is 0 Å². The topological polar surface area (TPSA) is 106 Å². The standard InChI is InChI=1S/C40H42F3N5O6/c1-26-19-28(20-35-38(26)53-25-52-35)24-46-15-17-48(18-16-46)37(49)21-27-11-13-47(14-12-27)32-8-9-33(34(22-32)51-2)54-36-10-7-31(23-44-36)45-39(50)29-3-5-30(6-4-29)40(41,42)43/h3-10,19-20,22-23,27H,11-18,21,24-25H2,1-2H3,(H,45,50). The largest absolute Gasteiger partial charge is 0.493 e. The number of alkyl halides is 3. The summed E-state index contributed by atoms with van der Waals surface area (Å²) in [4.78, 5) is 36.7. The van der Waals surface area contributed by atoms with Crippen LogP contribution in [-0.2, 0) is 17.5 Å². The molecule has 7 rings (SSSR count). The first-order valence-electron chi connectivity index (χ1n) is 18.0. The van der Waals surface area contributed by atoms with Crippen LogP contribution in [0.5, 0.6) is 28.9 Å². The number of carbonyl (C=O) groups is 2. The Bertz CT molecular complexity index is 1960. The summed E-state index contributed by atoms with van der Waals surface area (Å²) in [5.74, 6) is 2.90.